The van der Waals surface area contributed by atoms with Gasteiger partial charge in [-0.2, -0.15) is 0 Å². The molecule has 3 aromatic rings. The number of dihydropyridines is 1. The number of carbonyl (C=O) groups is 3. The number of para-hydroxylation sites is 1. The van der Waals surface area contributed by atoms with Crippen molar-refractivity contribution >= 4 is 17.7 Å². The predicted molar refractivity (Wildman–Crippen MR) is 163 cm³/mol. The van der Waals surface area contributed by atoms with Crippen LogP contribution in [0.5, 0.6) is 23.0 Å². The number of Topliss-reactive ketones (excluding diaryl/α,β-unsaturated/α-hetero) is 1. The summed E-state index contributed by atoms with van der Waals surface area (Å²) in [6.45, 7) is 3.30. The van der Waals surface area contributed by atoms with E-state index in [1.54, 1.807) is 32.2 Å². The van der Waals surface area contributed by atoms with Gasteiger partial charge in [0.15, 0.2) is 17.3 Å². The predicted octanol–water partition coefficient (Wildman–Crippen LogP) is 5.61. The van der Waals surface area contributed by atoms with Crippen LogP contribution >= 0.6 is 0 Å². The number of ether oxygens (including phenoxy) is 5. The number of benzene rings is 3. The van der Waals surface area contributed by atoms with Gasteiger partial charge >= 0.3 is 11.9 Å². The summed E-state index contributed by atoms with van der Waals surface area (Å²) in [5.41, 5.74) is 3.85. The normalized spacial score (nSPS) is 17.8. The molecule has 1 aliphatic heterocycles. The van der Waals surface area contributed by atoms with Crippen LogP contribution in [0, 0.1) is 0 Å². The second-order valence-electron chi connectivity index (χ2n) is 10.6. The molecule has 2 atom stereocenters. The van der Waals surface area contributed by atoms with Gasteiger partial charge < -0.3 is 29.0 Å². The van der Waals surface area contributed by atoms with Crippen LogP contribution < -0.4 is 24.3 Å². The van der Waals surface area contributed by atoms with E-state index in [2.05, 4.69) is 5.32 Å². The lowest BCUT2D eigenvalue weighted by atomic mass is 9.71. The molecule has 0 unspecified atom stereocenters. The molecule has 9 nitrogen and oxygen atoms in total. The van der Waals surface area contributed by atoms with Crippen LogP contribution in [0.2, 0.25) is 0 Å². The van der Waals surface area contributed by atoms with Gasteiger partial charge in [-0.3, -0.25) is 9.59 Å². The zero-order chi connectivity index (χ0) is 31.2. The van der Waals surface area contributed by atoms with Crippen LogP contribution in [0.1, 0.15) is 49.7 Å². The highest BCUT2D eigenvalue weighted by atomic mass is 16.6. The number of carbonyl (C=O) groups excluding carboxylic acids is 3. The second-order valence-corrected chi connectivity index (χ2v) is 10.6. The monoisotopic (exact) mass is 597 g/mol. The number of rotatable bonds is 10. The summed E-state index contributed by atoms with van der Waals surface area (Å²) < 4.78 is 27.5. The lowest BCUT2D eigenvalue weighted by molar-refractivity contribution is -0.140. The fourth-order valence-electron chi connectivity index (χ4n) is 5.75. The van der Waals surface area contributed by atoms with E-state index in [0.717, 1.165) is 17.0 Å². The molecule has 2 aliphatic rings. The van der Waals surface area contributed by atoms with Crippen molar-refractivity contribution in [3.05, 3.63) is 106 Å². The molecular formula is C35H35NO8. The van der Waals surface area contributed by atoms with Crippen LogP contribution in [0.4, 0.5) is 0 Å². The molecule has 1 aliphatic carbocycles. The third-order valence-corrected chi connectivity index (χ3v) is 7.74. The van der Waals surface area contributed by atoms with Gasteiger partial charge in [0.2, 0.25) is 0 Å². The molecule has 0 saturated heterocycles. The van der Waals surface area contributed by atoms with E-state index in [-0.39, 0.29) is 37.1 Å². The first kappa shape index (κ1) is 30.4. The highest BCUT2D eigenvalue weighted by Gasteiger charge is 2.41. The molecule has 44 heavy (non-hydrogen) atoms. The van der Waals surface area contributed by atoms with Gasteiger partial charge in [0.05, 0.1) is 19.8 Å². The zero-order valence-electron chi connectivity index (χ0n) is 25.2. The zero-order valence-corrected chi connectivity index (χ0v) is 25.2. The molecule has 5 rings (SSSR count). The van der Waals surface area contributed by atoms with Gasteiger partial charge in [-0.25, -0.2) is 4.79 Å². The maximum atomic E-state index is 14.0. The summed E-state index contributed by atoms with van der Waals surface area (Å²) >= 11 is 0. The van der Waals surface area contributed by atoms with Gasteiger partial charge in [-0.05, 0) is 66.8 Å². The quantitative estimate of drug-likeness (QED) is 0.181. The number of allylic oxidation sites excluding steroid dienone is 3. The number of ketones is 1. The Kier molecular flexibility index (Phi) is 9.33. The Morgan fingerprint density at radius 2 is 1.57 bits per heavy atom. The topological polar surface area (TPSA) is 109 Å². The van der Waals surface area contributed by atoms with Gasteiger partial charge in [0, 0.05) is 36.2 Å². The summed E-state index contributed by atoms with van der Waals surface area (Å²) in [6.07, 6.45) is 0.857. The fraction of sp³-hybridized carbons (Fsp3) is 0.286. The average Bonchev–Trinajstić information content (AvgIpc) is 3.02. The van der Waals surface area contributed by atoms with Crippen molar-refractivity contribution in [2.24, 2.45) is 0 Å². The van der Waals surface area contributed by atoms with Crippen molar-refractivity contribution in [3.8, 4) is 23.0 Å². The highest BCUT2D eigenvalue weighted by Crippen LogP contribution is 2.47. The van der Waals surface area contributed by atoms with Crippen LogP contribution in [0.3, 0.4) is 0 Å². The summed E-state index contributed by atoms with van der Waals surface area (Å²) in [4.78, 5) is 39.3. The van der Waals surface area contributed by atoms with Crippen LogP contribution in [0.25, 0.3) is 0 Å². The number of methoxy groups -OCH3 is 2. The maximum absolute atomic E-state index is 14.0. The molecule has 1 heterocycles. The van der Waals surface area contributed by atoms with E-state index in [4.69, 9.17) is 23.7 Å². The number of hydrogen-bond donors (Lipinski definition) is 1. The molecule has 0 aromatic heterocycles. The molecule has 0 amide bonds. The lowest BCUT2D eigenvalue weighted by Gasteiger charge is -2.37. The third-order valence-electron chi connectivity index (χ3n) is 7.74. The summed E-state index contributed by atoms with van der Waals surface area (Å²) in [7, 11) is 3.08. The Labute approximate surface area is 256 Å². The van der Waals surface area contributed by atoms with Crippen molar-refractivity contribution in [1.82, 2.24) is 5.32 Å². The molecule has 0 bridgehead atoms. The number of nitrogens with one attached hydrogen (secondary N) is 1. The molecule has 228 valence electrons. The smallest absolute Gasteiger partial charge is 0.336 e. The van der Waals surface area contributed by atoms with E-state index in [1.807, 2.05) is 54.6 Å². The van der Waals surface area contributed by atoms with E-state index < -0.39 is 17.9 Å². The largest absolute Gasteiger partial charge is 0.497 e. The Morgan fingerprint density at radius 3 is 2.25 bits per heavy atom. The highest BCUT2D eigenvalue weighted by molar-refractivity contribution is 6.04. The Morgan fingerprint density at radius 1 is 0.841 bits per heavy atom. The lowest BCUT2D eigenvalue weighted by Crippen LogP contribution is -2.36. The first-order valence-electron chi connectivity index (χ1n) is 14.4. The van der Waals surface area contributed by atoms with Crippen molar-refractivity contribution in [2.75, 3.05) is 27.4 Å². The van der Waals surface area contributed by atoms with Crippen molar-refractivity contribution in [3.63, 3.8) is 0 Å². The molecule has 1 N–H and O–H groups in total. The average molecular weight is 598 g/mol. The van der Waals surface area contributed by atoms with Gasteiger partial charge in [0.1, 0.15) is 24.7 Å². The van der Waals surface area contributed by atoms with Crippen molar-refractivity contribution in [1.29, 1.82) is 0 Å². The Balaban J connectivity index is 1.47. The molecule has 0 spiro atoms. The SMILES string of the molecule is COc1ccc([C@H]2CC(=O)C3=C(C2)NC(C)=C(C(=O)OCCOc2ccccc2)[C@H]3c2ccc(OC(C)=O)c(OC)c2)cc1. The third kappa shape index (κ3) is 6.62. The minimum atomic E-state index is -0.724. The number of hydrogen-bond acceptors (Lipinski definition) is 9. The van der Waals surface area contributed by atoms with E-state index in [9.17, 15) is 14.4 Å². The van der Waals surface area contributed by atoms with E-state index >= 15 is 0 Å². The van der Waals surface area contributed by atoms with E-state index in [0.29, 0.717) is 40.3 Å². The Bertz CT molecular complexity index is 1610. The van der Waals surface area contributed by atoms with Crippen LogP contribution in [-0.2, 0) is 19.1 Å². The van der Waals surface area contributed by atoms with Crippen LogP contribution in [-0.4, -0.2) is 45.2 Å². The summed E-state index contributed by atoms with van der Waals surface area (Å²) in [5.74, 6) is 0.0699. The summed E-state index contributed by atoms with van der Waals surface area (Å²) in [6, 6.07) is 22.0. The molecular weight excluding hydrogens is 562 g/mol. The first-order valence-corrected chi connectivity index (χ1v) is 14.4. The second kappa shape index (κ2) is 13.5. The molecule has 0 radical (unpaired) electrons. The van der Waals surface area contributed by atoms with Crippen molar-refractivity contribution < 1.29 is 38.1 Å². The summed E-state index contributed by atoms with van der Waals surface area (Å²) in [5, 5.41) is 3.37. The van der Waals surface area contributed by atoms with Gasteiger partial charge in [0.25, 0.3) is 0 Å². The fourth-order valence-corrected chi connectivity index (χ4v) is 5.75. The van der Waals surface area contributed by atoms with Crippen molar-refractivity contribution in [2.45, 2.75) is 38.5 Å². The standard InChI is InChI=1S/C35H35NO8/c1-21-32(35(39)43-17-16-42-27-8-6-5-7-9-27)33(24-12-15-30(44-22(2)37)31(20-24)41-4)34-28(36-21)18-25(19-29(34)38)23-10-13-26(40-3)14-11-23/h5-15,20,25,33,36H,16-19H2,1-4H3/t25-,33-/m1/s1. The Hall–Kier alpha value is -5.05. The molecule has 0 saturated carbocycles. The molecule has 9 heteroatoms. The maximum Gasteiger partial charge on any atom is 0.336 e. The first-order chi connectivity index (χ1) is 21.3. The minimum Gasteiger partial charge on any atom is -0.497 e. The molecule has 0 fully saturated rings. The van der Waals surface area contributed by atoms with Gasteiger partial charge in [-0.15, -0.1) is 0 Å². The number of esters is 2. The molecule has 3 aromatic carbocycles. The van der Waals surface area contributed by atoms with E-state index in [1.165, 1.54) is 14.0 Å². The van der Waals surface area contributed by atoms with Crippen LogP contribution in [0.15, 0.2) is 95.3 Å². The van der Waals surface area contributed by atoms with Gasteiger partial charge in [-0.1, -0.05) is 36.4 Å². The minimum absolute atomic E-state index is 0.0192.